The fourth-order valence-corrected chi connectivity index (χ4v) is 4.17. The number of carbonyl (C=O) groups is 2. The van der Waals surface area contributed by atoms with E-state index in [0.717, 1.165) is 6.07 Å². The van der Waals surface area contributed by atoms with Crippen LogP contribution in [0.25, 0.3) is 0 Å². The number of benzene rings is 3. The summed E-state index contributed by atoms with van der Waals surface area (Å²) in [6, 6.07) is 15.4. The molecule has 0 saturated heterocycles. The van der Waals surface area contributed by atoms with Gasteiger partial charge >= 0.3 is 0 Å². The topological polar surface area (TPSA) is 125 Å². The lowest BCUT2D eigenvalue weighted by molar-refractivity contribution is 0.0951. The van der Waals surface area contributed by atoms with Crippen molar-refractivity contribution in [3.8, 4) is 5.75 Å². The van der Waals surface area contributed by atoms with Gasteiger partial charge in [-0.1, -0.05) is 6.07 Å². The van der Waals surface area contributed by atoms with E-state index in [1.54, 1.807) is 12.1 Å². The third-order valence-corrected chi connectivity index (χ3v) is 6.25. The smallest absolute Gasteiger partial charge is 0.261 e. The fourth-order valence-electron chi connectivity index (χ4n) is 3.03. The van der Waals surface area contributed by atoms with Gasteiger partial charge in [-0.05, 0) is 79.6 Å². The number of amides is 2. The van der Waals surface area contributed by atoms with Crippen LogP contribution in [0.2, 0.25) is 0 Å². The SMILES string of the molecule is Cc1cc(S(=O)(=O)Nc2ccc(C(=O)NCCCNC(=O)c3cccc(O)c3)cc2)ccc1F. The van der Waals surface area contributed by atoms with Gasteiger partial charge < -0.3 is 15.7 Å². The Kier molecular flexibility index (Phi) is 7.85. The number of carbonyl (C=O) groups excluding carboxylic acids is 2. The van der Waals surface area contributed by atoms with Crippen molar-refractivity contribution in [3.05, 3.63) is 89.2 Å². The van der Waals surface area contributed by atoms with E-state index in [1.807, 2.05) is 0 Å². The van der Waals surface area contributed by atoms with E-state index in [4.69, 9.17) is 0 Å². The Morgan fingerprint density at radius 1 is 0.882 bits per heavy atom. The Balaban J connectivity index is 1.46. The molecule has 0 aliphatic rings. The van der Waals surface area contributed by atoms with Gasteiger partial charge in [0.2, 0.25) is 0 Å². The number of phenols is 1. The van der Waals surface area contributed by atoms with Crippen LogP contribution in [0.1, 0.15) is 32.7 Å². The van der Waals surface area contributed by atoms with E-state index in [1.165, 1.54) is 55.5 Å². The summed E-state index contributed by atoms with van der Waals surface area (Å²) >= 11 is 0. The minimum atomic E-state index is -3.90. The van der Waals surface area contributed by atoms with Gasteiger partial charge in [0.05, 0.1) is 4.90 Å². The number of phenolic OH excluding ortho intramolecular Hbond substituents is 1. The molecule has 4 N–H and O–H groups in total. The first kappa shape index (κ1) is 24.7. The number of anilines is 1. The highest BCUT2D eigenvalue weighted by molar-refractivity contribution is 7.92. The average molecular weight is 486 g/mol. The highest BCUT2D eigenvalue weighted by Crippen LogP contribution is 2.19. The molecule has 3 aromatic carbocycles. The maximum Gasteiger partial charge on any atom is 0.261 e. The number of sulfonamides is 1. The number of aryl methyl sites for hydroxylation is 1. The van der Waals surface area contributed by atoms with Gasteiger partial charge in [-0.15, -0.1) is 0 Å². The van der Waals surface area contributed by atoms with Crippen molar-refractivity contribution in [1.82, 2.24) is 10.6 Å². The van der Waals surface area contributed by atoms with Gasteiger partial charge in [-0.2, -0.15) is 0 Å². The van der Waals surface area contributed by atoms with Gasteiger partial charge in [0.1, 0.15) is 11.6 Å². The molecule has 0 radical (unpaired) electrons. The van der Waals surface area contributed by atoms with E-state index in [2.05, 4.69) is 15.4 Å². The number of nitrogens with one attached hydrogen (secondary N) is 3. The highest BCUT2D eigenvalue weighted by atomic mass is 32.2. The molecule has 2 amide bonds. The average Bonchev–Trinajstić information content (AvgIpc) is 2.80. The number of hydrogen-bond acceptors (Lipinski definition) is 5. The molecule has 178 valence electrons. The summed E-state index contributed by atoms with van der Waals surface area (Å²) in [6.07, 6.45) is 0.491. The molecule has 0 aromatic heterocycles. The van der Waals surface area contributed by atoms with Gasteiger partial charge in [0.25, 0.3) is 21.8 Å². The molecule has 3 rings (SSSR count). The zero-order chi connectivity index (χ0) is 24.7. The van der Waals surface area contributed by atoms with Crippen molar-refractivity contribution in [3.63, 3.8) is 0 Å². The Morgan fingerprint density at radius 3 is 2.15 bits per heavy atom. The molecular weight excluding hydrogens is 461 g/mol. The van der Waals surface area contributed by atoms with Crippen LogP contribution >= 0.6 is 0 Å². The maximum absolute atomic E-state index is 13.4. The van der Waals surface area contributed by atoms with Crippen molar-refractivity contribution in [2.75, 3.05) is 17.8 Å². The molecule has 10 heteroatoms. The summed E-state index contributed by atoms with van der Waals surface area (Å²) in [5.41, 5.74) is 1.15. The lowest BCUT2D eigenvalue weighted by atomic mass is 10.2. The molecule has 0 heterocycles. The van der Waals surface area contributed by atoms with Crippen molar-refractivity contribution in [2.45, 2.75) is 18.2 Å². The zero-order valence-corrected chi connectivity index (χ0v) is 19.2. The molecule has 0 fully saturated rings. The Morgan fingerprint density at radius 2 is 1.53 bits per heavy atom. The number of rotatable bonds is 9. The molecule has 0 aliphatic heterocycles. The number of halogens is 1. The van der Waals surface area contributed by atoms with Crippen LogP contribution in [-0.4, -0.2) is 38.4 Å². The first-order valence-corrected chi connectivity index (χ1v) is 11.9. The van der Waals surface area contributed by atoms with Crippen LogP contribution in [0.4, 0.5) is 10.1 Å². The van der Waals surface area contributed by atoms with Gasteiger partial charge in [0.15, 0.2) is 0 Å². The molecule has 8 nitrogen and oxygen atoms in total. The van der Waals surface area contributed by atoms with Crippen LogP contribution < -0.4 is 15.4 Å². The monoisotopic (exact) mass is 485 g/mol. The summed E-state index contributed by atoms with van der Waals surface area (Å²) in [5, 5.41) is 14.8. The van der Waals surface area contributed by atoms with Crippen LogP contribution in [0.3, 0.4) is 0 Å². The second-order valence-corrected chi connectivity index (χ2v) is 9.19. The van der Waals surface area contributed by atoms with Gasteiger partial charge in [-0.3, -0.25) is 14.3 Å². The predicted octanol–water partition coefficient (Wildman–Crippen LogP) is 3.19. The first-order chi connectivity index (χ1) is 16.2. The van der Waals surface area contributed by atoms with E-state index < -0.39 is 15.8 Å². The van der Waals surface area contributed by atoms with E-state index in [9.17, 15) is 27.5 Å². The third-order valence-electron chi connectivity index (χ3n) is 4.87. The standard InChI is InChI=1S/C24H24FN3O5S/c1-16-14-21(10-11-22(16)25)34(32,33)28-19-8-6-17(7-9-19)23(30)26-12-3-13-27-24(31)18-4-2-5-20(29)15-18/h2,4-11,14-15,28-29H,3,12-13H2,1H3,(H,26,30)(H,27,31). The summed E-state index contributed by atoms with van der Waals surface area (Å²) in [7, 11) is -3.90. The van der Waals surface area contributed by atoms with Crippen LogP contribution in [0.15, 0.2) is 71.6 Å². The maximum atomic E-state index is 13.4. The first-order valence-electron chi connectivity index (χ1n) is 10.4. The van der Waals surface area contributed by atoms with Crippen LogP contribution in [0.5, 0.6) is 5.75 Å². The van der Waals surface area contributed by atoms with Gasteiger partial charge in [-0.25, -0.2) is 12.8 Å². The minimum Gasteiger partial charge on any atom is -0.508 e. The Hall–Kier alpha value is -3.92. The minimum absolute atomic E-state index is 0.00397. The number of hydrogen-bond donors (Lipinski definition) is 4. The van der Waals surface area contributed by atoms with Crippen molar-refractivity contribution in [2.24, 2.45) is 0 Å². The van der Waals surface area contributed by atoms with Crippen molar-refractivity contribution in [1.29, 1.82) is 0 Å². The summed E-state index contributed by atoms with van der Waals surface area (Å²) in [4.78, 5) is 24.2. The Labute approximate surface area is 196 Å². The van der Waals surface area contributed by atoms with Crippen molar-refractivity contribution < 1.29 is 27.5 Å². The largest absolute Gasteiger partial charge is 0.508 e. The fraction of sp³-hybridized carbons (Fsp3) is 0.167. The summed E-state index contributed by atoms with van der Waals surface area (Å²) in [5.74, 6) is -1.16. The molecular formula is C24H24FN3O5S. The molecule has 0 saturated carbocycles. The zero-order valence-electron chi connectivity index (χ0n) is 18.3. The second-order valence-electron chi connectivity index (χ2n) is 7.51. The van der Waals surface area contributed by atoms with E-state index in [-0.39, 0.29) is 33.7 Å². The van der Waals surface area contributed by atoms with Gasteiger partial charge in [0, 0.05) is 29.9 Å². The molecule has 0 bridgehead atoms. The van der Waals surface area contributed by atoms with Crippen LogP contribution in [-0.2, 0) is 10.0 Å². The molecule has 0 unspecified atom stereocenters. The summed E-state index contributed by atoms with van der Waals surface area (Å²) < 4.78 is 40.8. The Bertz CT molecular complexity index is 1290. The second kappa shape index (κ2) is 10.8. The molecule has 0 atom stereocenters. The van der Waals surface area contributed by atoms with E-state index in [0.29, 0.717) is 30.6 Å². The summed E-state index contributed by atoms with van der Waals surface area (Å²) in [6.45, 7) is 2.13. The predicted molar refractivity (Wildman–Crippen MR) is 126 cm³/mol. The van der Waals surface area contributed by atoms with E-state index >= 15 is 0 Å². The lowest BCUT2D eigenvalue weighted by Gasteiger charge is -2.10. The normalized spacial score (nSPS) is 11.0. The molecule has 0 spiro atoms. The highest BCUT2D eigenvalue weighted by Gasteiger charge is 2.16. The van der Waals surface area contributed by atoms with Crippen molar-refractivity contribution >= 4 is 27.5 Å². The molecule has 0 aliphatic carbocycles. The quantitative estimate of drug-likeness (QED) is 0.347. The lowest BCUT2D eigenvalue weighted by Crippen LogP contribution is -2.29. The molecule has 34 heavy (non-hydrogen) atoms. The van der Waals surface area contributed by atoms with Crippen LogP contribution in [0, 0.1) is 12.7 Å². The third kappa shape index (κ3) is 6.55. The molecule has 3 aromatic rings. The number of aromatic hydroxyl groups is 1.